The Bertz CT molecular complexity index is 1050. The van der Waals surface area contributed by atoms with E-state index in [1.807, 2.05) is 6.92 Å². The van der Waals surface area contributed by atoms with Gasteiger partial charge in [0.15, 0.2) is 0 Å². The van der Waals surface area contributed by atoms with Gasteiger partial charge in [0, 0.05) is 24.0 Å². The van der Waals surface area contributed by atoms with E-state index in [-0.39, 0.29) is 18.8 Å². The maximum atomic E-state index is 12.9. The highest BCUT2D eigenvalue weighted by atomic mass is 16.6. The number of aliphatic hydroxyl groups excluding tert-OH is 1. The van der Waals surface area contributed by atoms with E-state index in [4.69, 9.17) is 23.7 Å². The largest absolute Gasteiger partial charge is 0.462 e. The molecule has 37 heavy (non-hydrogen) atoms. The van der Waals surface area contributed by atoms with E-state index >= 15 is 0 Å². The van der Waals surface area contributed by atoms with Gasteiger partial charge in [-0.05, 0) is 40.0 Å². The molecule has 2 bridgehead atoms. The minimum absolute atomic E-state index is 0.144. The smallest absolute Gasteiger partial charge is 0.331 e. The predicted molar refractivity (Wildman–Crippen MR) is 134 cm³/mol. The van der Waals surface area contributed by atoms with E-state index in [0.29, 0.717) is 26.1 Å². The van der Waals surface area contributed by atoms with E-state index in [1.54, 1.807) is 25.2 Å². The Kier molecular flexibility index (Phi) is 6.98. The fourth-order valence-electron chi connectivity index (χ4n) is 6.85. The first-order chi connectivity index (χ1) is 17.6. The first-order valence-electron chi connectivity index (χ1n) is 13.3. The molecule has 0 aromatic carbocycles. The van der Waals surface area contributed by atoms with Crippen LogP contribution in [0.5, 0.6) is 0 Å². The van der Waals surface area contributed by atoms with Gasteiger partial charge in [-0.1, -0.05) is 42.4 Å². The molecule has 3 aliphatic heterocycles. The average Bonchev–Trinajstić information content (AvgIpc) is 3.61. The lowest BCUT2D eigenvalue weighted by molar-refractivity contribution is -0.232. The molecule has 0 radical (unpaired) electrons. The Morgan fingerprint density at radius 2 is 1.84 bits per heavy atom. The molecular weight excluding hydrogens is 476 g/mol. The molecular formula is C29H38O8. The van der Waals surface area contributed by atoms with Crippen molar-refractivity contribution in [1.29, 1.82) is 0 Å². The Labute approximate surface area is 218 Å². The second-order valence-electron chi connectivity index (χ2n) is 11.4. The summed E-state index contributed by atoms with van der Waals surface area (Å²) in [7, 11) is 0. The van der Waals surface area contributed by atoms with E-state index in [1.165, 1.54) is 17.7 Å². The first kappa shape index (κ1) is 26.4. The van der Waals surface area contributed by atoms with Gasteiger partial charge >= 0.3 is 11.9 Å². The molecule has 8 nitrogen and oxygen atoms in total. The van der Waals surface area contributed by atoms with Crippen molar-refractivity contribution in [2.45, 2.75) is 89.5 Å². The van der Waals surface area contributed by atoms with Crippen LogP contribution in [0, 0.1) is 10.8 Å². The van der Waals surface area contributed by atoms with Gasteiger partial charge in [-0.3, -0.25) is 0 Å². The second kappa shape index (κ2) is 9.80. The van der Waals surface area contributed by atoms with Crippen molar-refractivity contribution in [3.05, 3.63) is 47.6 Å². The quantitative estimate of drug-likeness (QED) is 0.323. The van der Waals surface area contributed by atoms with Gasteiger partial charge < -0.3 is 28.8 Å². The Morgan fingerprint density at radius 3 is 2.57 bits per heavy atom. The minimum atomic E-state index is -0.735. The van der Waals surface area contributed by atoms with Crippen molar-refractivity contribution in [3.63, 3.8) is 0 Å². The third kappa shape index (κ3) is 4.42. The lowest BCUT2D eigenvalue weighted by Gasteiger charge is -2.58. The summed E-state index contributed by atoms with van der Waals surface area (Å²) in [6.07, 6.45) is 10.5. The zero-order valence-electron chi connectivity index (χ0n) is 22.1. The Morgan fingerprint density at radius 1 is 1.05 bits per heavy atom. The molecule has 0 amide bonds. The summed E-state index contributed by atoms with van der Waals surface area (Å²) in [6, 6.07) is 0. The molecule has 1 unspecified atom stereocenters. The van der Waals surface area contributed by atoms with Gasteiger partial charge in [0.05, 0.1) is 36.9 Å². The van der Waals surface area contributed by atoms with Crippen molar-refractivity contribution in [2.75, 3.05) is 19.8 Å². The number of esters is 2. The number of hydrogen-bond acceptors (Lipinski definition) is 8. The highest BCUT2D eigenvalue weighted by Gasteiger charge is 2.83. The summed E-state index contributed by atoms with van der Waals surface area (Å²) < 4.78 is 30.6. The van der Waals surface area contributed by atoms with Gasteiger partial charge in [-0.25, -0.2) is 9.59 Å². The fraction of sp³-hybridized carbons (Fsp3) is 0.655. The van der Waals surface area contributed by atoms with E-state index < -0.39 is 46.7 Å². The molecule has 202 valence electrons. The van der Waals surface area contributed by atoms with Crippen LogP contribution in [0.15, 0.2) is 47.6 Å². The standard InChI is InChI=1S/C29H38O8/c1-18-9-11-28-16-34-26(32)14-19(2)10-12-33-21(20(3)30)7-5-6-8-25(31)37-22-15-24(36-23(28)13-18)29(17-35-29)27(22,28)4/h5-8,13-14,20-24,30H,9-12,15-17H2,1-4H3/b7-5+,8-6+,19-14-/t20-,21-,22-,23-,24?,27-,28-,29+/m1/s1. The SMILES string of the molecule is CC1=C[C@H]2OC3C[C@H]4OC(=O)/C=C/C=C/[C@H]([C@@H](C)O)OCC/C(C)=C\C(=O)OC[C@@]2(CC1)[C@]4(C)[C@]31CO1. The zero-order valence-corrected chi connectivity index (χ0v) is 22.1. The van der Waals surface area contributed by atoms with Crippen LogP contribution in [0.1, 0.15) is 53.4 Å². The normalized spacial score (nSPS) is 46.2. The van der Waals surface area contributed by atoms with Crippen molar-refractivity contribution in [3.8, 4) is 0 Å². The third-order valence-corrected chi connectivity index (χ3v) is 9.24. The fourth-order valence-corrected chi connectivity index (χ4v) is 6.85. The third-order valence-electron chi connectivity index (χ3n) is 9.24. The summed E-state index contributed by atoms with van der Waals surface area (Å²) in [6.45, 7) is 8.73. The van der Waals surface area contributed by atoms with Crippen LogP contribution in [0.3, 0.4) is 0 Å². The van der Waals surface area contributed by atoms with Crippen molar-refractivity contribution < 1.29 is 38.4 Å². The van der Waals surface area contributed by atoms with E-state index in [2.05, 4.69) is 19.9 Å². The molecule has 2 aliphatic carbocycles. The summed E-state index contributed by atoms with van der Waals surface area (Å²) >= 11 is 0. The summed E-state index contributed by atoms with van der Waals surface area (Å²) in [5.74, 6) is -0.879. The first-order valence-corrected chi connectivity index (χ1v) is 13.3. The van der Waals surface area contributed by atoms with Crippen molar-refractivity contribution >= 4 is 11.9 Å². The van der Waals surface area contributed by atoms with Crippen molar-refractivity contribution in [1.82, 2.24) is 0 Å². The second-order valence-corrected chi connectivity index (χ2v) is 11.4. The van der Waals surface area contributed by atoms with Gasteiger partial charge in [0.2, 0.25) is 0 Å². The predicted octanol–water partition coefficient (Wildman–Crippen LogP) is 3.34. The van der Waals surface area contributed by atoms with Crippen LogP contribution in [-0.4, -0.2) is 73.0 Å². The van der Waals surface area contributed by atoms with Gasteiger partial charge in [-0.15, -0.1) is 0 Å². The summed E-state index contributed by atoms with van der Waals surface area (Å²) in [5.41, 5.74) is 0.318. The van der Waals surface area contributed by atoms with Crippen LogP contribution < -0.4 is 0 Å². The topological polar surface area (TPSA) is 104 Å². The maximum Gasteiger partial charge on any atom is 0.331 e. The molecule has 3 fully saturated rings. The van der Waals surface area contributed by atoms with Crippen LogP contribution >= 0.6 is 0 Å². The molecule has 5 rings (SSSR count). The van der Waals surface area contributed by atoms with E-state index in [0.717, 1.165) is 18.4 Å². The number of epoxide rings is 1. The summed E-state index contributed by atoms with van der Waals surface area (Å²) in [4.78, 5) is 25.9. The monoisotopic (exact) mass is 514 g/mol. The molecule has 1 saturated carbocycles. The number of cyclic esters (lactones) is 1. The van der Waals surface area contributed by atoms with E-state index in [9.17, 15) is 14.7 Å². The maximum absolute atomic E-state index is 12.9. The van der Waals surface area contributed by atoms with Gasteiger partial charge in [-0.2, -0.15) is 0 Å². The van der Waals surface area contributed by atoms with Crippen LogP contribution in [-0.2, 0) is 33.3 Å². The minimum Gasteiger partial charge on any atom is -0.462 e. The molecule has 1 N–H and O–H groups in total. The molecule has 0 aromatic heterocycles. The molecule has 2 saturated heterocycles. The molecule has 3 heterocycles. The number of hydrogen-bond donors (Lipinski definition) is 1. The number of carbonyl (C=O) groups excluding carboxylic acids is 2. The number of aliphatic hydroxyl groups is 1. The van der Waals surface area contributed by atoms with Gasteiger partial charge in [0.25, 0.3) is 0 Å². The average molecular weight is 515 g/mol. The molecule has 8 atom stereocenters. The van der Waals surface area contributed by atoms with Crippen LogP contribution in [0.2, 0.25) is 0 Å². The lowest BCUT2D eigenvalue weighted by atomic mass is 9.51. The number of rotatable bonds is 1. The van der Waals surface area contributed by atoms with Crippen molar-refractivity contribution in [2.24, 2.45) is 10.8 Å². The Hall–Kier alpha value is -2.26. The Balaban J connectivity index is 1.51. The highest BCUT2D eigenvalue weighted by molar-refractivity contribution is 5.83. The number of allylic oxidation sites excluding steroid dienone is 3. The van der Waals surface area contributed by atoms with Crippen LogP contribution in [0.4, 0.5) is 0 Å². The van der Waals surface area contributed by atoms with Crippen LogP contribution in [0.25, 0.3) is 0 Å². The molecule has 0 aromatic rings. The number of ether oxygens (including phenoxy) is 5. The summed E-state index contributed by atoms with van der Waals surface area (Å²) in [5, 5.41) is 10.0. The lowest BCUT2D eigenvalue weighted by Crippen LogP contribution is -2.66. The molecule has 5 aliphatic rings. The highest BCUT2D eigenvalue weighted by Crippen LogP contribution is 2.72. The zero-order chi connectivity index (χ0) is 26.4. The number of carbonyl (C=O) groups is 2. The molecule has 8 heteroatoms. The molecule has 2 spiro atoms. The van der Waals surface area contributed by atoms with Gasteiger partial charge in [0.1, 0.15) is 24.4 Å².